The van der Waals surface area contributed by atoms with Crippen LogP contribution < -0.4 is 15.2 Å². The molecule has 2 aliphatic carbocycles. The van der Waals surface area contributed by atoms with Gasteiger partial charge in [-0.3, -0.25) is 0 Å². The van der Waals surface area contributed by atoms with Crippen LogP contribution in [0.5, 0.6) is 11.5 Å². The molecular formula is C46H28O. The normalized spacial score (nSPS) is 16.8. The highest BCUT2D eigenvalue weighted by molar-refractivity contribution is 6.10. The average molecular weight is 597 g/mol. The van der Waals surface area contributed by atoms with Crippen molar-refractivity contribution in [2.24, 2.45) is 0 Å². The molecule has 2 atom stereocenters. The third kappa shape index (κ3) is 3.49. The Kier molecular flexibility index (Phi) is 5.01. The van der Waals surface area contributed by atoms with Gasteiger partial charge in [-0.05, 0) is 101 Å². The Balaban J connectivity index is 1.07. The Hall–Kier alpha value is -5.92. The minimum absolute atomic E-state index is 0.299. The number of hydrogen-bond donors (Lipinski definition) is 0. The van der Waals surface area contributed by atoms with Crippen molar-refractivity contribution in [2.75, 3.05) is 0 Å². The van der Waals surface area contributed by atoms with Crippen molar-refractivity contribution >= 4 is 44.0 Å². The van der Waals surface area contributed by atoms with Crippen LogP contribution in [-0.2, 0) is 0 Å². The Morgan fingerprint density at radius 3 is 2.11 bits per heavy atom. The molecule has 0 saturated carbocycles. The maximum Gasteiger partial charge on any atom is 0.135 e. The fourth-order valence-electron chi connectivity index (χ4n) is 8.83. The Labute approximate surface area is 272 Å². The molecule has 0 amide bonds. The smallest absolute Gasteiger partial charge is 0.135 e. The molecular weight excluding hydrogens is 569 g/mol. The SMILES string of the molecule is C1=c2ccccc2=C(c2ccc3cc(-c4ccc5c6c(cccc46)-c4ccccc4O5)ccc3c2)C2c3cccc4cccc(c34)C12. The van der Waals surface area contributed by atoms with Gasteiger partial charge in [0.1, 0.15) is 11.5 Å². The van der Waals surface area contributed by atoms with Crippen LogP contribution in [0.3, 0.4) is 0 Å². The highest BCUT2D eigenvalue weighted by atomic mass is 16.5. The molecule has 218 valence electrons. The molecule has 0 radical (unpaired) electrons. The number of ether oxygens (including phenoxy) is 1. The summed E-state index contributed by atoms with van der Waals surface area (Å²) >= 11 is 0. The third-order valence-electron chi connectivity index (χ3n) is 10.8. The van der Waals surface area contributed by atoms with Crippen LogP contribution in [-0.4, -0.2) is 0 Å². The van der Waals surface area contributed by atoms with E-state index in [0.29, 0.717) is 11.8 Å². The minimum atomic E-state index is 0.299. The molecule has 0 spiro atoms. The Morgan fingerprint density at radius 1 is 0.447 bits per heavy atom. The monoisotopic (exact) mass is 596 g/mol. The summed E-state index contributed by atoms with van der Waals surface area (Å²) in [6.07, 6.45) is 2.51. The first-order valence-corrected chi connectivity index (χ1v) is 16.5. The molecule has 1 heterocycles. The fourth-order valence-corrected chi connectivity index (χ4v) is 8.83. The van der Waals surface area contributed by atoms with Crippen molar-refractivity contribution < 1.29 is 4.74 Å². The predicted octanol–water partition coefficient (Wildman–Crippen LogP) is 10.5. The topological polar surface area (TPSA) is 9.23 Å². The van der Waals surface area contributed by atoms with E-state index in [-0.39, 0.29) is 0 Å². The number of hydrogen-bond acceptors (Lipinski definition) is 1. The van der Waals surface area contributed by atoms with E-state index in [1.54, 1.807) is 0 Å². The third-order valence-corrected chi connectivity index (χ3v) is 10.8. The van der Waals surface area contributed by atoms with E-state index in [4.69, 9.17) is 4.74 Å². The van der Waals surface area contributed by atoms with Crippen molar-refractivity contribution in [3.05, 3.63) is 179 Å². The lowest BCUT2D eigenvalue weighted by Gasteiger charge is -2.27. The summed E-state index contributed by atoms with van der Waals surface area (Å²) < 4.78 is 6.37. The van der Waals surface area contributed by atoms with Crippen LogP contribution >= 0.6 is 0 Å². The van der Waals surface area contributed by atoms with Gasteiger partial charge < -0.3 is 4.74 Å². The van der Waals surface area contributed by atoms with Gasteiger partial charge in [0.2, 0.25) is 0 Å². The molecule has 8 aromatic carbocycles. The fraction of sp³-hybridized carbons (Fsp3) is 0.0435. The van der Waals surface area contributed by atoms with Gasteiger partial charge >= 0.3 is 0 Å². The Morgan fingerprint density at radius 2 is 1.19 bits per heavy atom. The summed E-state index contributed by atoms with van der Waals surface area (Å²) in [5.41, 5.74) is 10.5. The number of fused-ring (bicyclic) bond motifs is 7. The molecule has 0 N–H and O–H groups in total. The molecule has 1 aliphatic heterocycles. The number of benzene rings is 8. The van der Waals surface area contributed by atoms with Crippen molar-refractivity contribution in [3.63, 3.8) is 0 Å². The lowest BCUT2D eigenvalue weighted by molar-refractivity contribution is 0.487. The Bertz CT molecular complexity index is 2780. The van der Waals surface area contributed by atoms with Gasteiger partial charge in [-0.15, -0.1) is 0 Å². The summed E-state index contributed by atoms with van der Waals surface area (Å²) in [6, 6.07) is 56.0. The zero-order valence-electron chi connectivity index (χ0n) is 25.6. The molecule has 47 heavy (non-hydrogen) atoms. The molecule has 8 aromatic rings. The van der Waals surface area contributed by atoms with Gasteiger partial charge in [-0.2, -0.15) is 0 Å². The lowest BCUT2D eigenvalue weighted by atomic mass is 9.76. The molecule has 1 heteroatoms. The number of rotatable bonds is 2. The minimum Gasteiger partial charge on any atom is -0.456 e. The van der Waals surface area contributed by atoms with E-state index >= 15 is 0 Å². The predicted molar refractivity (Wildman–Crippen MR) is 194 cm³/mol. The molecule has 0 saturated heterocycles. The quantitative estimate of drug-likeness (QED) is 0.193. The molecule has 0 aromatic heterocycles. The molecule has 1 nitrogen and oxygen atoms in total. The summed E-state index contributed by atoms with van der Waals surface area (Å²) in [5, 5.41) is 10.4. The molecule has 0 fully saturated rings. The molecule has 11 rings (SSSR count). The second kappa shape index (κ2) is 9.31. The van der Waals surface area contributed by atoms with Gasteiger partial charge in [0.05, 0.1) is 0 Å². The number of para-hydroxylation sites is 1. The van der Waals surface area contributed by atoms with Crippen molar-refractivity contribution in [3.8, 4) is 33.8 Å². The van der Waals surface area contributed by atoms with Crippen LogP contribution in [0.15, 0.2) is 152 Å². The molecule has 0 bridgehead atoms. The van der Waals surface area contributed by atoms with Gasteiger partial charge in [0, 0.05) is 22.8 Å². The summed E-state index contributed by atoms with van der Waals surface area (Å²) in [6.45, 7) is 0. The van der Waals surface area contributed by atoms with Crippen molar-refractivity contribution in [2.45, 2.75) is 11.8 Å². The summed E-state index contributed by atoms with van der Waals surface area (Å²) in [4.78, 5) is 0. The van der Waals surface area contributed by atoms with Crippen LogP contribution in [0.25, 0.3) is 66.2 Å². The van der Waals surface area contributed by atoms with Gasteiger partial charge in [-0.1, -0.05) is 133 Å². The van der Waals surface area contributed by atoms with Gasteiger partial charge in [0.15, 0.2) is 0 Å². The largest absolute Gasteiger partial charge is 0.456 e. The summed E-state index contributed by atoms with van der Waals surface area (Å²) in [7, 11) is 0. The molecule has 2 unspecified atom stereocenters. The lowest BCUT2D eigenvalue weighted by Crippen LogP contribution is -2.34. The van der Waals surface area contributed by atoms with Crippen LogP contribution in [0.4, 0.5) is 0 Å². The van der Waals surface area contributed by atoms with Crippen LogP contribution in [0.2, 0.25) is 0 Å². The van der Waals surface area contributed by atoms with Crippen LogP contribution in [0, 0.1) is 0 Å². The van der Waals surface area contributed by atoms with E-state index in [2.05, 4.69) is 152 Å². The maximum absolute atomic E-state index is 6.37. The van der Waals surface area contributed by atoms with E-state index in [9.17, 15) is 0 Å². The van der Waals surface area contributed by atoms with Crippen molar-refractivity contribution in [1.29, 1.82) is 0 Å². The highest BCUT2D eigenvalue weighted by Crippen LogP contribution is 2.53. The second-order valence-corrected chi connectivity index (χ2v) is 13.2. The van der Waals surface area contributed by atoms with E-state index < -0.39 is 0 Å². The first kappa shape index (κ1) is 25.3. The zero-order chi connectivity index (χ0) is 30.6. The zero-order valence-corrected chi connectivity index (χ0v) is 25.6. The van der Waals surface area contributed by atoms with E-state index in [1.807, 2.05) is 6.07 Å². The van der Waals surface area contributed by atoms with Crippen LogP contribution in [0.1, 0.15) is 28.5 Å². The average Bonchev–Trinajstić information content (AvgIpc) is 3.45. The first-order chi connectivity index (χ1) is 23.3. The maximum atomic E-state index is 6.37. The molecule has 3 aliphatic rings. The van der Waals surface area contributed by atoms with Gasteiger partial charge in [0.25, 0.3) is 0 Å². The van der Waals surface area contributed by atoms with E-state index in [0.717, 1.165) is 17.1 Å². The summed E-state index contributed by atoms with van der Waals surface area (Å²) in [5.74, 6) is 2.48. The van der Waals surface area contributed by atoms with E-state index in [1.165, 1.54) is 81.7 Å². The highest BCUT2D eigenvalue weighted by Gasteiger charge is 2.37. The first-order valence-electron chi connectivity index (χ1n) is 16.5. The van der Waals surface area contributed by atoms with Crippen molar-refractivity contribution in [1.82, 2.24) is 0 Å². The van der Waals surface area contributed by atoms with Gasteiger partial charge in [-0.25, -0.2) is 0 Å². The second-order valence-electron chi connectivity index (χ2n) is 13.2. The standard InChI is InChI=1S/C46H28O/c1-2-11-34-30(8-1)26-40-38-13-5-9-27-10-6-16-39(43(27)38)46(40)44(34)32-21-19-28-24-31(20-18-29(28)25-32)33-22-23-42-45-36(33)14-7-15-37(45)35-12-3-4-17-41(35)47-42/h1-26,40,46H.